The molecule has 0 radical (unpaired) electrons. The van der Waals surface area contributed by atoms with E-state index in [0.29, 0.717) is 24.7 Å². The number of aryl methyl sites for hydroxylation is 1. The van der Waals surface area contributed by atoms with E-state index >= 15 is 0 Å². The van der Waals surface area contributed by atoms with Gasteiger partial charge in [0.15, 0.2) is 0 Å². The summed E-state index contributed by atoms with van der Waals surface area (Å²) in [6, 6.07) is 17.4. The van der Waals surface area contributed by atoms with Crippen LogP contribution < -0.4 is 5.32 Å². The molecule has 0 aliphatic rings. The van der Waals surface area contributed by atoms with Crippen molar-refractivity contribution in [1.29, 1.82) is 0 Å². The van der Waals surface area contributed by atoms with Gasteiger partial charge in [0.25, 0.3) is 0 Å². The number of nitrogens with zero attached hydrogens (tertiary/aromatic N) is 2. The summed E-state index contributed by atoms with van der Waals surface area (Å²) in [7, 11) is 0. The highest BCUT2D eigenvalue weighted by Crippen LogP contribution is 2.19. The number of rotatable bonds is 6. The van der Waals surface area contributed by atoms with Gasteiger partial charge in [0.1, 0.15) is 6.61 Å². The van der Waals surface area contributed by atoms with E-state index in [0.717, 1.165) is 16.7 Å². The normalized spacial score (nSPS) is 10.4. The van der Waals surface area contributed by atoms with Crippen LogP contribution in [0.3, 0.4) is 0 Å². The average molecular weight is 337 g/mol. The number of hydrogen-bond acceptors (Lipinski definition) is 5. The van der Waals surface area contributed by atoms with E-state index < -0.39 is 6.09 Å². The molecule has 0 fully saturated rings. The van der Waals surface area contributed by atoms with Gasteiger partial charge < -0.3 is 14.6 Å². The Labute approximate surface area is 145 Å². The van der Waals surface area contributed by atoms with Gasteiger partial charge >= 0.3 is 6.09 Å². The maximum Gasteiger partial charge on any atom is 0.407 e. The third-order valence-electron chi connectivity index (χ3n) is 3.68. The second kappa shape index (κ2) is 8.10. The van der Waals surface area contributed by atoms with Gasteiger partial charge in [-0.2, -0.15) is 4.98 Å². The lowest BCUT2D eigenvalue weighted by molar-refractivity contribution is 0.139. The Morgan fingerprint density at radius 2 is 1.88 bits per heavy atom. The molecule has 1 amide bonds. The highest BCUT2D eigenvalue weighted by atomic mass is 16.5. The molecule has 6 heteroatoms. The molecule has 0 aliphatic carbocycles. The van der Waals surface area contributed by atoms with Crippen LogP contribution in [0.1, 0.15) is 17.0 Å². The molecule has 3 aromatic rings. The van der Waals surface area contributed by atoms with Crippen LogP contribution in [0.5, 0.6) is 0 Å². The summed E-state index contributed by atoms with van der Waals surface area (Å²) < 4.78 is 10.4. The number of benzene rings is 2. The molecular formula is C19H19N3O3. The molecule has 25 heavy (non-hydrogen) atoms. The first kappa shape index (κ1) is 16.7. The van der Waals surface area contributed by atoms with E-state index in [-0.39, 0.29) is 6.61 Å². The van der Waals surface area contributed by atoms with Gasteiger partial charge in [0, 0.05) is 18.5 Å². The number of carbonyl (C=O) groups is 1. The lowest BCUT2D eigenvalue weighted by Crippen LogP contribution is -2.26. The lowest BCUT2D eigenvalue weighted by Gasteiger charge is -2.05. The Morgan fingerprint density at radius 1 is 1.12 bits per heavy atom. The Morgan fingerprint density at radius 3 is 2.68 bits per heavy atom. The van der Waals surface area contributed by atoms with Gasteiger partial charge in [-0.1, -0.05) is 59.8 Å². The van der Waals surface area contributed by atoms with Crippen LogP contribution in [0.15, 0.2) is 59.1 Å². The number of hydrogen-bond donors (Lipinski definition) is 1. The second-order valence-electron chi connectivity index (χ2n) is 5.57. The first-order chi connectivity index (χ1) is 12.2. The molecule has 0 unspecified atom stereocenters. The van der Waals surface area contributed by atoms with Crippen molar-refractivity contribution in [3.05, 3.63) is 71.6 Å². The summed E-state index contributed by atoms with van der Waals surface area (Å²) in [4.78, 5) is 16.0. The molecule has 128 valence electrons. The molecule has 1 aromatic heterocycles. The van der Waals surface area contributed by atoms with Gasteiger partial charge in [0.2, 0.25) is 11.7 Å². The zero-order valence-corrected chi connectivity index (χ0v) is 13.9. The number of alkyl carbamates (subject to hydrolysis) is 1. The molecular weight excluding hydrogens is 318 g/mol. The smallest absolute Gasteiger partial charge is 0.407 e. The molecule has 2 aromatic carbocycles. The SMILES string of the molecule is Cc1ccccc1-c1noc(CCNC(=O)OCc2ccccc2)n1. The van der Waals surface area contributed by atoms with Crippen LogP contribution in [-0.4, -0.2) is 22.8 Å². The zero-order chi connectivity index (χ0) is 17.5. The number of aromatic nitrogens is 2. The Balaban J connectivity index is 1.45. The molecule has 0 bridgehead atoms. The fourth-order valence-electron chi connectivity index (χ4n) is 2.34. The second-order valence-corrected chi connectivity index (χ2v) is 5.57. The van der Waals surface area contributed by atoms with Crippen molar-refractivity contribution in [2.75, 3.05) is 6.54 Å². The molecule has 0 aliphatic heterocycles. The zero-order valence-electron chi connectivity index (χ0n) is 13.9. The number of nitrogens with one attached hydrogen (secondary N) is 1. The van der Waals surface area contributed by atoms with Gasteiger partial charge in [-0.3, -0.25) is 0 Å². The van der Waals surface area contributed by atoms with Crippen molar-refractivity contribution in [2.24, 2.45) is 0 Å². The first-order valence-electron chi connectivity index (χ1n) is 8.05. The van der Waals surface area contributed by atoms with Gasteiger partial charge in [0.05, 0.1) is 0 Å². The van der Waals surface area contributed by atoms with Gasteiger partial charge in [-0.25, -0.2) is 4.79 Å². The van der Waals surface area contributed by atoms with E-state index in [1.165, 1.54) is 0 Å². The highest BCUT2D eigenvalue weighted by Gasteiger charge is 2.11. The Bertz CT molecular complexity index is 831. The van der Waals surface area contributed by atoms with Crippen molar-refractivity contribution in [2.45, 2.75) is 20.0 Å². The standard InChI is InChI=1S/C19H19N3O3/c1-14-7-5-6-10-16(14)18-21-17(25-22-18)11-12-20-19(23)24-13-15-8-3-2-4-9-15/h2-10H,11-13H2,1H3,(H,20,23). The first-order valence-corrected chi connectivity index (χ1v) is 8.05. The molecule has 1 N–H and O–H groups in total. The molecule has 0 saturated heterocycles. The van der Waals surface area contributed by atoms with Crippen LogP contribution in [0.25, 0.3) is 11.4 Å². The topological polar surface area (TPSA) is 77.2 Å². The predicted molar refractivity (Wildman–Crippen MR) is 92.8 cm³/mol. The number of ether oxygens (including phenoxy) is 1. The van der Waals surface area contributed by atoms with Gasteiger partial charge in [-0.15, -0.1) is 0 Å². The maximum atomic E-state index is 11.7. The lowest BCUT2D eigenvalue weighted by atomic mass is 10.1. The summed E-state index contributed by atoms with van der Waals surface area (Å²) in [6.45, 7) is 2.60. The average Bonchev–Trinajstić information content (AvgIpc) is 3.10. The van der Waals surface area contributed by atoms with Crippen LogP contribution in [0.2, 0.25) is 0 Å². The van der Waals surface area contributed by atoms with Crippen LogP contribution in [0.4, 0.5) is 4.79 Å². The summed E-state index contributed by atoms with van der Waals surface area (Å²) in [5.74, 6) is 1.03. The maximum absolute atomic E-state index is 11.7. The molecule has 0 spiro atoms. The molecule has 1 heterocycles. The van der Waals surface area contributed by atoms with Crippen molar-refractivity contribution in [1.82, 2.24) is 15.5 Å². The van der Waals surface area contributed by atoms with Crippen molar-refractivity contribution in [3.8, 4) is 11.4 Å². The summed E-state index contributed by atoms with van der Waals surface area (Å²) in [6.07, 6.45) is -0.0261. The van der Waals surface area contributed by atoms with Crippen LogP contribution in [0, 0.1) is 6.92 Å². The molecule has 0 atom stereocenters. The van der Waals surface area contributed by atoms with Crippen molar-refractivity contribution < 1.29 is 14.1 Å². The van der Waals surface area contributed by atoms with E-state index in [1.54, 1.807) is 0 Å². The van der Waals surface area contributed by atoms with E-state index in [2.05, 4.69) is 15.5 Å². The fourth-order valence-corrected chi connectivity index (χ4v) is 2.34. The quantitative estimate of drug-likeness (QED) is 0.745. The minimum absolute atomic E-state index is 0.241. The largest absolute Gasteiger partial charge is 0.445 e. The third kappa shape index (κ3) is 4.67. The van der Waals surface area contributed by atoms with E-state index in [9.17, 15) is 4.79 Å². The Kier molecular flexibility index (Phi) is 5.41. The monoisotopic (exact) mass is 337 g/mol. The molecule has 0 saturated carbocycles. The van der Waals surface area contributed by atoms with Gasteiger partial charge in [-0.05, 0) is 18.1 Å². The minimum atomic E-state index is -0.470. The molecule has 3 rings (SSSR count). The third-order valence-corrected chi connectivity index (χ3v) is 3.68. The number of amides is 1. The summed E-state index contributed by atoms with van der Waals surface area (Å²) >= 11 is 0. The Hall–Kier alpha value is -3.15. The predicted octanol–water partition coefficient (Wildman–Crippen LogP) is 3.51. The number of carbonyl (C=O) groups excluding carboxylic acids is 1. The van der Waals surface area contributed by atoms with Crippen molar-refractivity contribution >= 4 is 6.09 Å². The molecule has 6 nitrogen and oxygen atoms in total. The minimum Gasteiger partial charge on any atom is -0.445 e. The van der Waals surface area contributed by atoms with Crippen molar-refractivity contribution in [3.63, 3.8) is 0 Å². The van der Waals surface area contributed by atoms with Crippen LogP contribution >= 0.6 is 0 Å². The summed E-state index contributed by atoms with van der Waals surface area (Å²) in [5, 5.41) is 6.66. The van der Waals surface area contributed by atoms with E-state index in [1.807, 2.05) is 61.5 Å². The van der Waals surface area contributed by atoms with E-state index in [4.69, 9.17) is 9.26 Å². The summed E-state index contributed by atoms with van der Waals surface area (Å²) in [5.41, 5.74) is 2.96. The van der Waals surface area contributed by atoms with Crippen LogP contribution in [-0.2, 0) is 17.8 Å². The fraction of sp³-hybridized carbons (Fsp3) is 0.211. The highest BCUT2D eigenvalue weighted by molar-refractivity contribution is 5.67.